The van der Waals surface area contributed by atoms with E-state index in [-0.39, 0.29) is 5.97 Å². The van der Waals surface area contributed by atoms with E-state index in [0.717, 1.165) is 43.4 Å². The van der Waals surface area contributed by atoms with Crippen LogP contribution in [0.2, 0.25) is 0 Å². The molecule has 2 unspecified atom stereocenters. The highest BCUT2D eigenvalue weighted by atomic mass is 16.5. The van der Waals surface area contributed by atoms with Crippen LogP contribution >= 0.6 is 0 Å². The van der Waals surface area contributed by atoms with Gasteiger partial charge in [-0.1, -0.05) is 49.6 Å². The Morgan fingerprint density at radius 3 is 2.59 bits per heavy atom. The number of rotatable bonds is 6. The molecule has 144 valence electrons. The molecule has 2 aromatic carbocycles. The van der Waals surface area contributed by atoms with Gasteiger partial charge in [0.05, 0.1) is 12.5 Å². The van der Waals surface area contributed by atoms with Crippen molar-refractivity contribution in [2.24, 2.45) is 11.3 Å². The number of aryl methyl sites for hydroxylation is 1. The SMILES string of the molecule is CCC1(C(=O)Oc2ccc(C)cc2)CCCCC1Cc1cccc(OC)c1. The number of hydrogen-bond donors (Lipinski definition) is 0. The summed E-state index contributed by atoms with van der Waals surface area (Å²) >= 11 is 0. The highest BCUT2D eigenvalue weighted by Gasteiger charge is 2.46. The quantitative estimate of drug-likeness (QED) is 0.483. The Kier molecular flexibility index (Phi) is 6.20. The fourth-order valence-electron chi connectivity index (χ4n) is 4.39. The van der Waals surface area contributed by atoms with Crippen molar-refractivity contribution < 1.29 is 14.3 Å². The summed E-state index contributed by atoms with van der Waals surface area (Å²) in [7, 11) is 1.69. The molecule has 2 aromatic rings. The van der Waals surface area contributed by atoms with Crippen LogP contribution in [-0.2, 0) is 11.2 Å². The standard InChI is InChI=1S/C24H30O3/c1-4-24(23(25)27-21-13-11-18(2)12-14-21)15-6-5-9-20(24)16-19-8-7-10-22(17-19)26-3/h7-8,10-14,17,20H,4-6,9,15-16H2,1-3H3. The summed E-state index contributed by atoms with van der Waals surface area (Å²) in [5, 5.41) is 0. The Morgan fingerprint density at radius 1 is 1.11 bits per heavy atom. The maximum Gasteiger partial charge on any atom is 0.317 e. The largest absolute Gasteiger partial charge is 0.497 e. The monoisotopic (exact) mass is 366 g/mol. The van der Waals surface area contributed by atoms with E-state index >= 15 is 0 Å². The highest BCUT2D eigenvalue weighted by Crippen LogP contribution is 2.46. The van der Waals surface area contributed by atoms with E-state index < -0.39 is 5.41 Å². The molecule has 0 aromatic heterocycles. The maximum absolute atomic E-state index is 13.3. The molecule has 0 spiro atoms. The van der Waals surface area contributed by atoms with Crippen molar-refractivity contribution in [3.05, 3.63) is 59.7 Å². The number of methoxy groups -OCH3 is 1. The van der Waals surface area contributed by atoms with Crippen molar-refractivity contribution in [3.63, 3.8) is 0 Å². The smallest absolute Gasteiger partial charge is 0.317 e. The second kappa shape index (κ2) is 8.60. The van der Waals surface area contributed by atoms with Gasteiger partial charge in [0.2, 0.25) is 0 Å². The lowest BCUT2D eigenvalue weighted by atomic mass is 9.63. The van der Waals surface area contributed by atoms with Gasteiger partial charge in [0, 0.05) is 0 Å². The summed E-state index contributed by atoms with van der Waals surface area (Å²) in [6.45, 7) is 4.16. The number of ether oxygens (including phenoxy) is 2. The molecule has 3 nitrogen and oxygen atoms in total. The molecule has 0 radical (unpaired) electrons. The van der Waals surface area contributed by atoms with Crippen LogP contribution in [0.4, 0.5) is 0 Å². The Balaban J connectivity index is 1.82. The van der Waals surface area contributed by atoms with E-state index in [1.165, 1.54) is 12.0 Å². The molecular weight excluding hydrogens is 336 g/mol. The maximum atomic E-state index is 13.3. The first kappa shape index (κ1) is 19.5. The van der Waals surface area contributed by atoms with E-state index in [0.29, 0.717) is 11.7 Å². The van der Waals surface area contributed by atoms with Gasteiger partial charge in [0.15, 0.2) is 0 Å². The average Bonchev–Trinajstić information content (AvgIpc) is 2.70. The molecule has 0 heterocycles. The van der Waals surface area contributed by atoms with Crippen LogP contribution in [0.5, 0.6) is 11.5 Å². The Labute approximate surface area is 162 Å². The molecule has 1 saturated carbocycles. The number of hydrogen-bond acceptors (Lipinski definition) is 3. The third kappa shape index (κ3) is 4.35. The first-order valence-electron chi connectivity index (χ1n) is 9.99. The van der Waals surface area contributed by atoms with Gasteiger partial charge in [-0.05, 0) is 68.4 Å². The lowest BCUT2D eigenvalue weighted by molar-refractivity contribution is -0.152. The van der Waals surface area contributed by atoms with Gasteiger partial charge in [-0.2, -0.15) is 0 Å². The number of esters is 1. The minimum Gasteiger partial charge on any atom is -0.497 e. The molecule has 1 fully saturated rings. The number of carbonyl (C=O) groups excluding carboxylic acids is 1. The second-order valence-electron chi connectivity index (χ2n) is 7.71. The van der Waals surface area contributed by atoms with E-state index in [2.05, 4.69) is 19.1 Å². The Bertz CT molecular complexity index is 765. The Morgan fingerprint density at radius 2 is 1.89 bits per heavy atom. The molecule has 0 saturated heterocycles. The van der Waals surface area contributed by atoms with Crippen LogP contribution in [0.15, 0.2) is 48.5 Å². The predicted octanol–water partition coefficient (Wildman–Crippen LogP) is 5.74. The van der Waals surface area contributed by atoms with E-state index in [1.807, 2.05) is 43.3 Å². The van der Waals surface area contributed by atoms with Crippen molar-refractivity contribution in [1.29, 1.82) is 0 Å². The fourth-order valence-corrected chi connectivity index (χ4v) is 4.39. The van der Waals surface area contributed by atoms with Crippen molar-refractivity contribution in [2.45, 2.75) is 52.4 Å². The predicted molar refractivity (Wildman–Crippen MR) is 108 cm³/mol. The zero-order valence-electron chi connectivity index (χ0n) is 16.7. The summed E-state index contributed by atoms with van der Waals surface area (Å²) in [4.78, 5) is 13.3. The van der Waals surface area contributed by atoms with Crippen LogP contribution in [0.25, 0.3) is 0 Å². The van der Waals surface area contributed by atoms with Crippen LogP contribution in [0.1, 0.15) is 50.2 Å². The van der Waals surface area contributed by atoms with Crippen molar-refractivity contribution in [2.75, 3.05) is 7.11 Å². The van der Waals surface area contributed by atoms with Crippen molar-refractivity contribution in [3.8, 4) is 11.5 Å². The fraction of sp³-hybridized carbons (Fsp3) is 0.458. The van der Waals surface area contributed by atoms with Gasteiger partial charge in [-0.15, -0.1) is 0 Å². The molecule has 0 aliphatic heterocycles. The van der Waals surface area contributed by atoms with Gasteiger partial charge >= 0.3 is 5.97 Å². The molecule has 0 N–H and O–H groups in total. The number of benzene rings is 2. The van der Waals surface area contributed by atoms with Gasteiger partial charge in [0.1, 0.15) is 11.5 Å². The van der Waals surface area contributed by atoms with Gasteiger partial charge in [-0.25, -0.2) is 0 Å². The molecule has 3 heteroatoms. The molecular formula is C24H30O3. The summed E-state index contributed by atoms with van der Waals surface area (Å²) in [6.07, 6.45) is 5.93. The van der Waals surface area contributed by atoms with Gasteiger partial charge in [-0.3, -0.25) is 4.79 Å². The minimum absolute atomic E-state index is 0.0681. The molecule has 27 heavy (non-hydrogen) atoms. The zero-order valence-corrected chi connectivity index (χ0v) is 16.7. The molecule has 1 aliphatic carbocycles. The topological polar surface area (TPSA) is 35.5 Å². The molecule has 3 rings (SSSR count). The summed E-state index contributed by atoms with van der Waals surface area (Å²) in [5.41, 5.74) is 1.97. The zero-order chi connectivity index (χ0) is 19.3. The van der Waals surface area contributed by atoms with Crippen LogP contribution in [0, 0.1) is 18.3 Å². The highest BCUT2D eigenvalue weighted by molar-refractivity contribution is 5.79. The Hall–Kier alpha value is -2.29. The van der Waals surface area contributed by atoms with Gasteiger partial charge in [0.25, 0.3) is 0 Å². The normalized spacial score (nSPS) is 22.3. The third-order valence-electron chi connectivity index (χ3n) is 6.09. The first-order chi connectivity index (χ1) is 13.1. The van der Waals surface area contributed by atoms with Crippen molar-refractivity contribution in [1.82, 2.24) is 0 Å². The van der Waals surface area contributed by atoms with Crippen LogP contribution in [0.3, 0.4) is 0 Å². The summed E-state index contributed by atoms with van der Waals surface area (Å²) in [6, 6.07) is 15.9. The molecule has 2 atom stereocenters. The molecule has 1 aliphatic rings. The van der Waals surface area contributed by atoms with E-state index in [9.17, 15) is 4.79 Å². The minimum atomic E-state index is -0.411. The second-order valence-corrected chi connectivity index (χ2v) is 7.71. The average molecular weight is 367 g/mol. The lowest BCUT2D eigenvalue weighted by Gasteiger charge is -2.41. The summed E-state index contributed by atoms with van der Waals surface area (Å²) < 4.78 is 11.2. The number of carbonyl (C=O) groups is 1. The first-order valence-corrected chi connectivity index (χ1v) is 9.99. The van der Waals surface area contributed by atoms with E-state index in [4.69, 9.17) is 9.47 Å². The summed E-state index contributed by atoms with van der Waals surface area (Å²) in [5.74, 6) is 1.74. The van der Waals surface area contributed by atoms with Gasteiger partial charge < -0.3 is 9.47 Å². The van der Waals surface area contributed by atoms with Crippen LogP contribution in [-0.4, -0.2) is 13.1 Å². The van der Waals surface area contributed by atoms with Crippen LogP contribution < -0.4 is 9.47 Å². The van der Waals surface area contributed by atoms with Crippen molar-refractivity contribution >= 4 is 5.97 Å². The lowest BCUT2D eigenvalue weighted by Crippen LogP contribution is -2.44. The third-order valence-corrected chi connectivity index (χ3v) is 6.09. The van der Waals surface area contributed by atoms with E-state index in [1.54, 1.807) is 7.11 Å². The molecule has 0 amide bonds. The molecule has 0 bridgehead atoms.